The third kappa shape index (κ3) is 4.94. The highest BCUT2D eigenvalue weighted by atomic mass is 15.5. The molecule has 0 aliphatic rings. The van der Waals surface area contributed by atoms with Crippen LogP contribution in [0.1, 0.15) is 12.8 Å². The maximum Gasteiger partial charge on any atom is 0.173 e. The Hall–Kier alpha value is -4.30. The minimum absolute atomic E-state index is 0.303. The molecule has 3 rings (SSSR count). The maximum atomic E-state index is 8.96. The summed E-state index contributed by atoms with van der Waals surface area (Å²) in [7, 11) is 0. The first-order chi connectivity index (χ1) is 14.7. The Morgan fingerprint density at radius 2 is 1.37 bits per heavy atom. The van der Waals surface area contributed by atoms with Crippen LogP contribution >= 0.6 is 0 Å². The van der Waals surface area contributed by atoms with Gasteiger partial charge in [0.05, 0.1) is 36.4 Å². The average Bonchev–Trinajstić information content (AvgIpc) is 2.80. The van der Waals surface area contributed by atoms with Crippen LogP contribution in [-0.4, -0.2) is 23.1 Å². The van der Waals surface area contributed by atoms with Gasteiger partial charge in [0.2, 0.25) is 0 Å². The number of nitrogen functional groups attached to an aromatic ring is 1. The third-order valence-electron chi connectivity index (χ3n) is 4.40. The molecule has 150 valence electrons. The van der Waals surface area contributed by atoms with Gasteiger partial charge in [0.1, 0.15) is 12.0 Å². The molecule has 3 N–H and O–H groups in total. The van der Waals surface area contributed by atoms with Crippen LogP contribution < -0.4 is 21.1 Å². The van der Waals surface area contributed by atoms with Gasteiger partial charge < -0.3 is 10.6 Å². The van der Waals surface area contributed by atoms with Gasteiger partial charge in [-0.2, -0.15) is 10.5 Å². The van der Waals surface area contributed by atoms with E-state index >= 15 is 0 Å². The highest BCUT2D eigenvalue weighted by molar-refractivity contribution is 5.78. The summed E-state index contributed by atoms with van der Waals surface area (Å²) < 4.78 is 0. The number of nitriles is 2. The molecule has 8 nitrogen and oxygen atoms in total. The van der Waals surface area contributed by atoms with Crippen molar-refractivity contribution < 1.29 is 0 Å². The lowest BCUT2D eigenvalue weighted by atomic mass is 10.2. The number of rotatable bonds is 9. The summed E-state index contributed by atoms with van der Waals surface area (Å²) in [5, 5.41) is 19.8. The molecule has 3 aromatic rings. The molecule has 0 spiro atoms. The molecule has 0 aliphatic heterocycles. The van der Waals surface area contributed by atoms with Gasteiger partial charge in [0, 0.05) is 13.1 Å². The number of hydrogen-bond acceptors (Lipinski definition) is 8. The Bertz CT molecular complexity index is 967. The van der Waals surface area contributed by atoms with Crippen LogP contribution in [-0.2, 0) is 0 Å². The van der Waals surface area contributed by atoms with Gasteiger partial charge in [0.15, 0.2) is 11.6 Å². The van der Waals surface area contributed by atoms with Gasteiger partial charge in [-0.05, 0) is 24.3 Å². The predicted octanol–water partition coefficient (Wildman–Crippen LogP) is 3.86. The van der Waals surface area contributed by atoms with Crippen molar-refractivity contribution in [3.63, 3.8) is 0 Å². The van der Waals surface area contributed by atoms with E-state index in [1.807, 2.05) is 70.6 Å². The third-order valence-corrected chi connectivity index (χ3v) is 4.40. The van der Waals surface area contributed by atoms with Crippen LogP contribution in [0.2, 0.25) is 0 Å². The topological polar surface area (TPSA) is 118 Å². The van der Waals surface area contributed by atoms with Crippen molar-refractivity contribution in [1.82, 2.24) is 9.97 Å². The van der Waals surface area contributed by atoms with Crippen LogP contribution in [0.3, 0.4) is 0 Å². The van der Waals surface area contributed by atoms with Crippen molar-refractivity contribution in [3.8, 4) is 12.1 Å². The highest BCUT2D eigenvalue weighted by Gasteiger charge is 2.18. The molecular formula is C22H22N8. The summed E-state index contributed by atoms with van der Waals surface area (Å²) >= 11 is 0. The van der Waals surface area contributed by atoms with Gasteiger partial charge >= 0.3 is 0 Å². The number of nitrogens with two attached hydrogens (primary N) is 1. The van der Waals surface area contributed by atoms with Crippen LogP contribution in [0, 0.1) is 22.7 Å². The molecule has 0 atom stereocenters. The molecule has 0 amide bonds. The zero-order valence-electron chi connectivity index (χ0n) is 16.4. The monoisotopic (exact) mass is 398 g/mol. The van der Waals surface area contributed by atoms with E-state index in [4.69, 9.17) is 16.3 Å². The minimum Gasteiger partial charge on any atom is -0.393 e. The fourth-order valence-corrected chi connectivity index (χ4v) is 2.96. The highest BCUT2D eigenvalue weighted by Crippen LogP contribution is 2.31. The molecule has 1 aromatic heterocycles. The van der Waals surface area contributed by atoms with Crippen molar-refractivity contribution in [2.75, 3.05) is 34.2 Å². The number of nitrogens with one attached hydrogen (secondary N) is 1. The van der Waals surface area contributed by atoms with E-state index in [0.717, 1.165) is 11.4 Å². The summed E-state index contributed by atoms with van der Waals surface area (Å²) in [6.07, 6.45) is 2.03. The molecule has 0 fully saturated rings. The Balaban J connectivity index is 1.95. The molecule has 0 radical (unpaired) electrons. The summed E-state index contributed by atoms with van der Waals surface area (Å²) in [5.41, 5.74) is 11.9. The zero-order chi connectivity index (χ0) is 21.2. The van der Waals surface area contributed by atoms with Gasteiger partial charge in [0.25, 0.3) is 0 Å². The molecule has 30 heavy (non-hydrogen) atoms. The lowest BCUT2D eigenvalue weighted by Crippen LogP contribution is -2.29. The van der Waals surface area contributed by atoms with Gasteiger partial charge in [-0.25, -0.2) is 9.97 Å². The predicted molar refractivity (Wildman–Crippen MR) is 118 cm³/mol. The number of anilines is 5. The largest absolute Gasteiger partial charge is 0.393 e. The quantitative estimate of drug-likeness (QED) is 0.522. The minimum atomic E-state index is 0.303. The summed E-state index contributed by atoms with van der Waals surface area (Å²) in [6.45, 7) is 0.861. The van der Waals surface area contributed by atoms with E-state index in [-0.39, 0.29) is 0 Å². The van der Waals surface area contributed by atoms with E-state index in [0.29, 0.717) is 43.3 Å². The normalized spacial score (nSPS) is 9.93. The number of hydrogen-bond donors (Lipinski definition) is 2. The van der Waals surface area contributed by atoms with E-state index in [1.165, 1.54) is 6.33 Å². The van der Waals surface area contributed by atoms with Crippen molar-refractivity contribution in [2.45, 2.75) is 12.8 Å². The van der Waals surface area contributed by atoms with E-state index < -0.39 is 0 Å². The number of hydrazine groups is 1. The van der Waals surface area contributed by atoms with Crippen molar-refractivity contribution in [3.05, 3.63) is 67.0 Å². The summed E-state index contributed by atoms with van der Waals surface area (Å²) in [4.78, 5) is 10.5. The number of aromatic nitrogens is 2. The van der Waals surface area contributed by atoms with E-state index in [1.54, 1.807) is 0 Å². The maximum absolute atomic E-state index is 8.96. The van der Waals surface area contributed by atoms with Crippen molar-refractivity contribution in [2.24, 2.45) is 0 Å². The summed E-state index contributed by atoms with van der Waals surface area (Å²) in [5.74, 6) is 0.936. The van der Waals surface area contributed by atoms with E-state index in [2.05, 4.69) is 27.5 Å². The SMILES string of the molecule is N#CCCN(CCC#N)c1ncnc(NN(c2ccccc2)c2ccccc2)c1N. The smallest absolute Gasteiger partial charge is 0.173 e. The fourth-order valence-electron chi connectivity index (χ4n) is 2.96. The molecule has 8 heteroatoms. The molecule has 2 aromatic carbocycles. The van der Waals surface area contributed by atoms with Crippen LogP contribution in [0.5, 0.6) is 0 Å². The van der Waals surface area contributed by atoms with Crippen molar-refractivity contribution >= 4 is 28.7 Å². The molecule has 0 bridgehead atoms. The fraction of sp³-hybridized carbons (Fsp3) is 0.182. The molecule has 0 saturated carbocycles. The first kappa shape index (κ1) is 20.4. The molecule has 1 heterocycles. The van der Waals surface area contributed by atoms with E-state index in [9.17, 15) is 0 Å². The molecular weight excluding hydrogens is 376 g/mol. The Labute approximate surface area is 175 Å². The zero-order valence-corrected chi connectivity index (χ0v) is 16.4. The summed E-state index contributed by atoms with van der Waals surface area (Å²) in [6, 6.07) is 23.9. The second-order valence-corrected chi connectivity index (χ2v) is 6.38. The standard InChI is InChI=1S/C22H22N8/c23-13-7-15-29(16-8-14-24)22-20(25)21(26-17-27-22)28-30(18-9-3-1-4-10-18)19-11-5-2-6-12-19/h1-6,9-12,17H,7-8,15-16,25H2,(H,26,27,28). The Kier molecular flexibility index (Phi) is 7.02. The van der Waals surface area contributed by atoms with Gasteiger partial charge in [-0.3, -0.25) is 10.4 Å². The second kappa shape index (κ2) is 10.3. The second-order valence-electron chi connectivity index (χ2n) is 6.38. The number of nitrogens with zero attached hydrogens (tertiary/aromatic N) is 6. The lowest BCUT2D eigenvalue weighted by molar-refractivity contribution is 0.781. The Morgan fingerprint density at radius 1 is 0.833 bits per heavy atom. The van der Waals surface area contributed by atoms with Crippen LogP contribution in [0.25, 0.3) is 0 Å². The first-order valence-corrected chi connectivity index (χ1v) is 9.50. The molecule has 0 aliphatic carbocycles. The number of benzene rings is 2. The number of para-hydroxylation sites is 2. The van der Waals surface area contributed by atoms with Crippen LogP contribution in [0.15, 0.2) is 67.0 Å². The molecule has 0 saturated heterocycles. The van der Waals surface area contributed by atoms with Gasteiger partial charge in [-0.1, -0.05) is 36.4 Å². The average molecular weight is 398 g/mol. The molecule has 0 unspecified atom stereocenters. The lowest BCUT2D eigenvalue weighted by Gasteiger charge is -2.28. The Morgan fingerprint density at radius 3 is 1.87 bits per heavy atom. The first-order valence-electron chi connectivity index (χ1n) is 9.50. The van der Waals surface area contributed by atoms with Crippen LogP contribution in [0.4, 0.5) is 28.7 Å². The van der Waals surface area contributed by atoms with Crippen molar-refractivity contribution in [1.29, 1.82) is 10.5 Å². The van der Waals surface area contributed by atoms with Gasteiger partial charge in [-0.15, -0.1) is 0 Å².